The van der Waals surface area contributed by atoms with Crippen LogP contribution in [0.5, 0.6) is 0 Å². The number of aliphatic imine (C=N–C) groups is 2. The van der Waals surface area contributed by atoms with Crippen molar-refractivity contribution in [3.05, 3.63) is 166 Å². The molecule has 0 bridgehead atoms. The van der Waals surface area contributed by atoms with E-state index in [0.29, 0.717) is 45.6 Å². The number of fused-ring (bicyclic) bond motifs is 6. The van der Waals surface area contributed by atoms with Crippen molar-refractivity contribution < 1.29 is 38.6 Å². The van der Waals surface area contributed by atoms with Gasteiger partial charge in [0, 0.05) is 79.4 Å². The number of rotatable bonds is 29. The van der Waals surface area contributed by atoms with Crippen LogP contribution in [0.4, 0.5) is 0 Å². The number of carbonyl (C=O) groups is 5. The van der Waals surface area contributed by atoms with E-state index in [-0.39, 0.29) is 77.1 Å². The first-order valence-electron chi connectivity index (χ1n) is 33.2. The lowest BCUT2D eigenvalue weighted by atomic mass is 9.99. The molecule has 99 heavy (non-hydrogen) atoms. The summed E-state index contributed by atoms with van der Waals surface area (Å²) in [5, 5.41) is 44.1. The Morgan fingerprint density at radius 1 is 0.657 bits per heavy atom. The maximum absolute atomic E-state index is 15.0. The van der Waals surface area contributed by atoms with Gasteiger partial charge in [0.1, 0.15) is 52.4 Å². The molecule has 1 saturated heterocycles. The minimum atomic E-state index is -1.12. The van der Waals surface area contributed by atoms with Crippen molar-refractivity contribution in [1.29, 1.82) is 0 Å². The molecule has 8 aromatic rings. The van der Waals surface area contributed by atoms with Crippen LogP contribution in [0, 0.1) is 48.5 Å². The fourth-order valence-corrected chi connectivity index (χ4v) is 17.2. The minimum Gasteiger partial charge on any atom is -0.391 e. The molecule has 3 aromatic carbocycles. The number of hydrogen-bond acceptors (Lipinski definition) is 19. The van der Waals surface area contributed by atoms with Gasteiger partial charge >= 0.3 is 0 Å². The fourth-order valence-electron chi connectivity index (χ4n) is 12.5. The van der Waals surface area contributed by atoms with Gasteiger partial charge in [0.25, 0.3) is 0 Å². The summed E-state index contributed by atoms with van der Waals surface area (Å²) in [5.41, 5.74) is 12.1. The van der Waals surface area contributed by atoms with Crippen LogP contribution in [0.2, 0.25) is 10.0 Å². The maximum atomic E-state index is 15.0. The van der Waals surface area contributed by atoms with E-state index in [4.69, 9.17) is 42.7 Å². The predicted octanol–water partition coefficient (Wildman–Crippen LogP) is 10.9. The lowest BCUT2D eigenvalue weighted by Crippen LogP contribution is -2.60. The molecule has 3 aliphatic rings. The number of thiazole rings is 1. The molecule has 5 atom stereocenters. The van der Waals surface area contributed by atoms with Gasteiger partial charge in [-0.2, -0.15) is 11.8 Å². The molecule has 0 aliphatic carbocycles. The van der Waals surface area contributed by atoms with Crippen molar-refractivity contribution >= 4 is 110 Å². The topological polar surface area (TPSA) is 274 Å². The number of nitrogens with one attached hydrogen (secondary N) is 4. The zero-order valence-corrected chi connectivity index (χ0v) is 61.6. The number of thiophene rings is 2. The largest absolute Gasteiger partial charge is 0.391 e. The number of aliphatic hydroxyl groups excluding tert-OH is 1. The zero-order chi connectivity index (χ0) is 70.2. The first-order valence-corrected chi connectivity index (χ1v) is 37.4. The summed E-state index contributed by atoms with van der Waals surface area (Å²) in [4.78, 5) is 89.7. The average Bonchev–Trinajstić information content (AvgIpc) is 1.60. The Hall–Kier alpha value is -7.53. The quantitative estimate of drug-likeness (QED) is 0.0273. The van der Waals surface area contributed by atoms with Crippen LogP contribution in [-0.2, 0) is 40.0 Å². The minimum absolute atomic E-state index is 0.00985. The highest BCUT2D eigenvalue weighted by Crippen LogP contribution is 2.42. The van der Waals surface area contributed by atoms with E-state index in [1.54, 1.807) is 34.0 Å². The number of ether oxygens (including phenoxy) is 2. The standard InChI is InChI=1S/C71H82Cl2N14O8S4/c1-39-42(4)98-69-59(39)61(47-18-22-50(72)23-19-47)78-53(65-83-81-44(6)86(65)69)33-56(89)74-26-12-10-11-13-31-97-71(8,9)64(68(93)85-36-52(88)32-55(85)67(92)76-35-46-14-16-49(17-15-46)63-41(3)77-38-96-63)80-58(91)37-95-30-29-94-28-27-75-57(90)34-54-66-84-82-45(7)87(66)70-60(40(2)43(5)99-70)62(79-54)48-20-24-51(73)25-21-48/h14-25,38,52-55,64,88H,10-13,26-37H2,1-9H3,(H,74,89)(H,75,90)(H,76,92)(H,80,91)/t52-,53+,54+,55+,64-/m1/s1. The molecule has 0 spiro atoms. The van der Waals surface area contributed by atoms with Crippen molar-refractivity contribution in [3.8, 4) is 20.4 Å². The van der Waals surface area contributed by atoms with Gasteiger partial charge in [-0.3, -0.25) is 43.1 Å². The van der Waals surface area contributed by atoms with E-state index in [1.165, 1.54) is 16.7 Å². The number of β-amino-alcohol motifs (C(OH)–C–C–N with tert-alkyl or cyclic N) is 1. The van der Waals surface area contributed by atoms with Crippen LogP contribution in [0.15, 0.2) is 88.3 Å². The highest BCUT2D eigenvalue weighted by atomic mass is 35.5. The first-order chi connectivity index (χ1) is 47.5. The number of aromatic nitrogens is 7. The lowest BCUT2D eigenvalue weighted by molar-refractivity contribution is -0.142. The van der Waals surface area contributed by atoms with Crippen LogP contribution < -0.4 is 21.3 Å². The van der Waals surface area contributed by atoms with Crippen molar-refractivity contribution in [3.63, 3.8) is 0 Å². The highest BCUT2D eigenvalue weighted by Gasteiger charge is 2.46. The molecular weight excluding hydrogens is 1380 g/mol. The number of likely N-dealkylation sites (tertiary alicyclic amines) is 1. The normalized spacial score (nSPS) is 16.7. The van der Waals surface area contributed by atoms with E-state index in [0.717, 1.165) is 112 Å². The third kappa shape index (κ3) is 16.9. The second-order valence-corrected chi connectivity index (χ2v) is 31.4. The Morgan fingerprint density at radius 2 is 1.19 bits per heavy atom. The van der Waals surface area contributed by atoms with Gasteiger partial charge in [0.15, 0.2) is 11.6 Å². The maximum Gasteiger partial charge on any atom is 0.247 e. The Morgan fingerprint density at radius 3 is 1.75 bits per heavy atom. The Balaban J connectivity index is 0.666. The molecule has 5 aromatic heterocycles. The summed E-state index contributed by atoms with van der Waals surface area (Å²) >= 11 is 19.0. The van der Waals surface area contributed by atoms with Crippen molar-refractivity contribution in [2.45, 2.75) is 149 Å². The van der Waals surface area contributed by atoms with E-state index in [2.05, 4.69) is 74.3 Å². The van der Waals surface area contributed by atoms with Gasteiger partial charge in [-0.15, -0.1) is 54.4 Å². The summed E-state index contributed by atoms with van der Waals surface area (Å²) in [7, 11) is 0. The monoisotopic (exact) mass is 1460 g/mol. The van der Waals surface area contributed by atoms with Crippen LogP contribution in [0.3, 0.4) is 0 Å². The van der Waals surface area contributed by atoms with Gasteiger partial charge < -0.3 is 40.7 Å². The predicted molar refractivity (Wildman–Crippen MR) is 391 cm³/mol. The van der Waals surface area contributed by atoms with E-state index in [9.17, 15) is 29.1 Å². The molecule has 28 heteroatoms. The number of aliphatic hydroxyl groups is 1. The van der Waals surface area contributed by atoms with Crippen LogP contribution in [0.1, 0.15) is 149 Å². The van der Waals surface area contributed by atoms with E-state index < -0.39 is 52.7 Å². The summed E-state index contributed by atoms with van der Waals surface area (Å²) in [6.45, 7) is 18.6. The number of benzene rings is 3. The molecule has 0 radical (unpaired) electrons. The molecular formula is C71H82Cl2N14O8S4. The van der Waals surface area contributed by atoms with Gasteiger partial charge in [-0.25, -0.2) is 4.98 Å². The van der Waals surface area contributed by atoms with Crippen LogP contribution in [-0.4, -0.2) is 160 Å². The second-order valence-electron chi connectivity index (χ2n) is 25.5. The van der Waals surface area contributed by atoms with Crippen molar-refractivity contribution in [1.82, 2.24) is 60.7 Å². The molecule has 11 rings (SSSR count). The molecule has 22 nitrogen and oxygen atoms in total. The fraction of sp³-hybridized carbons (Fsp3) is 0.437. The van der Waals surface area contributed by atoms with Gasteiger partial charge in [0.05, 0.1) is 66.3 Å². The molecule has 0 saturated carbocycles. The Kier molecular flexibility index (Phi) is 23.8. The second kappa shape index (κ2) is 32.4. The number of thioether (sulfide) groups is 1. The third-order valence-electron chi connectivity index (χ3n) is 18.1. The smallest absolute Gasteiger partial charge is 0.247 e. The van der Waals surface area contributed by atoms with Gasteiger partial charge in [-0.05, 0) is 127 Å². The summed E-state index contributed by atoms with van der Waals surface area (Å²) in [5.74, 6) is 1.36. The van der Waals surface area contributed by atoms with Crippen LogP contribution >= 0.6 is 69.0 Å². The number of aryl methyl sites for hydroxylation is 5. The third-order valence-corrected chi connectivity index (χ3v) is 23.4. The molecule has 0 unspecified atom stereocenters. The first kappa shape index (κ1) is 72.7. The zero-order valence-electron chi connectivity index (χ0n) is 56.9. The number of nitrogens with zero attached hydrogens (tertiary/aromatic N) is 10. The van der Waals surface area contributed by atoms with Gasteiger partial charge in [-0.1, -0.05) is 84.6 Å². The molecule has 3 aliphatic heterocycles. The van der Waals surface area contributed by atoms with Crippen molar-refractivity contribution in [2.75, 3.05) is 51.8 Å². The van der Waals surface area contributed by atoms with Gasteiger partial charge in [0.2, 0.25) is 29.5 Å². The number of carbonyl (C=O) groups excluding carboxylic acids is 5. The lowest BCUT2D eigenvalue weighted by Gasteiger charge is -2.37. The summed E-state index contributed by atoms with van der Waals surface area (Å²) < 4.78 is 14.7. The van der Waals surface area contributed by atoms with Crippen molar-refractivity contribution in [2.24, 2.45) is 9.98 Å². The van der Waals surface area contributed by atoms with Crippen LogP contribution in [0.25, 0.3) is 20.4 Å². The SMILES string of the molecule is Cc1ncsc1-c1ccc(CNC(=O)[C@@H]2C[C@@H](O)CN2C(=O)[C@@H](NC(=O)COCCOCCNC(=O)C[C@@H]2N=C(c3ccc(Cl)cc3)c3c(sc(C)c3C)-n3c(C)nnc32)C(C)(C)SCCCCCCNC(=O)C[C@@H]2N=C(c3ccc(Cl)cc3)c3c(sc(C)c3C)-n3c(C)nnc32)cc1. The number of unbranched alkanes of at least 4 members (excludes halogenated alkanes) is 3. The number of hydrogen-bond donors (Lipinski definition) is 5. The van der Waals surface area contributed by atoms with E-state index >= 15 is 0 Å². The molecule has 1 fully saturated rings. The van der Waals surface area contributed by atoms with E-state index in [1.807, 2.05) is 122 Å². The molecule has 5 amide bonds. The summed E-state index contributed by atoms with van der Waals surface area (Å²) in [6, 6.07) is 19.6. The summed E-state index contributed by atoms with van der Waals surface area (Å²) in [6.07, 6.45) is 2.34. The Bertz CT molecular complexity index is 4310. The molecule has 8 heterocycles. The Labute approximate surface area is 602 Å². The number of amides is 5. The molecule has 5 N–H and O–H groups in total. The number of halogens is 2. The average molecular weight is 1460 g/mol. The highest BCUT2D eigenvalue weighted by molar-refractivity contribution is 8.00. The molecule has 522 valence electrons.